The van der Waals surface area contributed by atoms with Crippen molar-refractivity contribution in [2.75, 3.05) is 25.4 Å². The largest absolute Gasteiger partial charge is 0.351 e. The lowest BCUT2D eigenvalue weighted by molar-refractivity contribution is 0.0945. The molecule has 1 N–H and O–H groups in total. The second-order valence-corrected chi connectivity index (χ2v) is 10.5. The Labute approximate surface area is 172 Å². The Morgan fingerprint density at radius 1 is 1.03 bits per heavy atom. The lowest BCUT2D eigenvalue weighted by Crippen LogP contribution is -2.30. The van der Waals surface area contributed by atoms with Crippen molar-refractivity contribution >= 4 is 25.8 Å². The van der Waals surface area contributed by atoms with Crippen molar-refractivity contribution in [2.45, 2.75) is 30.1 Å². The normalized spacial score (nSPS) is 12.3. The van der Waals surface area contributed by atoms with E-state index in [4.69, 9.17) is 0 Å². The van der Waals surface area contributed by atoms with Gasteiger partial charge in [0, 0.05) is 32.9 Å². The summed E-state index contributed by atoms with van der Waals surface area (Å²) in [5, 5.41) is 2.65. The van der Waals surface area contributed by atoms with Crippen LogP contribution in [0.5, 0.6) is 0 Å². The molecule has 0 aliphatic carbocycles. The van der Waals surface area contributed by atoms with Crippen molar-refractivity contribution in [3.8, 4) is 0 Å². The monoisotopic (exact) mass is 441 g/mol. The Bertz CT molecular complexity index is 1040. The first-order valence-corrected chi connectivity index (χ1v) is 12.4. The second-order valence-electron chi connectivity index (χ2n) is 6.50. The van der Waals surface area contributed by atoms with E-state index in [-0.39, 0.29) is 34.2 Å². The zero-order chi connectivity index (χ0) is 21.7. The molecule has 1 heterocycles. The van der Waals surface area contributed by atoms with Gasteiger partial charge in [0.25, 0.3) is 5.91 Å². The summed E-state index contributed by atoms with van der Waals surface area (Å²) in [6, 6.07) is 9.48. The van der Waals surface area contributed by atoms with Crippen LogP contribution in [0, 0.1) is 0 Å². The Kier molecular flexibility index (Phi) is 7.61. The van der Waals surface area contributed by atoms with Gasteiger partial charge in [-0.05, 0) is 24.6 Å². The maximum Gasteiger partial charge on any atom is 0.267 e. The average molecular weight is 442 g/mol. The minimum atomic E-state index is -3.66. The smallest absolute Gasteiger partial charge is 0.267 e. The highest BCUT2D eigenvalue weighted by atomic mass is 32.2. The number of benzene rings is 1. The molecule has 0 fully saturated rings. The van der Waals surface area contributed by atoms with Gasteiger partial charge < -0.3 is 9.88 Å². The van der Waals surface area contributed by atoms with Crippen molar-refractivity contribution in [1.82, 2.24) is 14.2 Å². The zero-order valence-electron chi connectivity index (χ0n) is 16.8. The molecule has 0 saturated carbocycles. The molecular weight excluding hydrogens is 414 g/mol. The molecule has 29 heavy (non-hydrogen) atoms. The summed E-state index contributed by atoms with van der Waals surface area (Å²) in [6.07, 6.45) is 1.65. The molecule has 0 aliphatic heterocycles. The molecule has 0 aliphatic rings. The number of carbonyl (C=O) groups is 1. The van der Waals surface area contributed by atoms with Crippen LogP contribution in [-0.2, 0) is 26.9 Å². The fraction of sp³-hybridized carbons (Fsp3) is 0.421. The summed E-state index contributed by atoms with van der Waals surface area (Å²) in [4.78, 5) is 12.7. The van der Waals surface area contributed by atoms with Crippen molar-refractivity contribution in [3.63, 3.8) is 0 Å². The first kappa shape index (κ1) is 23.1. The number of sulfone groups is 1. The van der Waals surface area contributed by atoms with Gasteiger partial charge in [-0.2, -0.15) is 4.31 Å². The standard InChI is InChI=1S/C19H27N3O5S2/c1-4-22(5-2)29(26,27)17-14-18(21(3)15-17)19(23)20-12-9-13-28(24,25)16-10-7-6-8-11-16/h6-8,10-11,14-15H,4-5,9,12-13H2,1-3H3,(H,20,23). The Hall–Kier alpha value is -2.17. The molecule has 0 radical (unpaired) electrons. The highest BCUT2D eigenvalue weighted by molar-refractivity contribution is 7.91. The second kappa shape index (κ2) is 9.55. The first-order valence-electron chi connectivity index (χ1n) is 9.36. The van der Waals surface area contributed by atoms with Crippen molar-refractivity contribution in [3.05, 3.63) is 48.3 Å². The SMILES string of the molecule is CCN(CC)S(=O)(=O)c1cc(C(=O)NCCCS(=O)(=O)c2ccccc2)n(C)c1. The fourth-order valence-electron chi connectivity index (χ4n) is 2.91. The van der Waals surface area contributed by atoms with E-state index >= 15 is 0 Å². The van der Waals surface area contributed by atoms with Gasteiger partial charge in [0.05, 0.1) is 10.6 Å². The Balaban J connectivity index is 1.99. The molecule has 1 amide bonds. The van der Waals surface area contributed by atoms with Crippen LogP contribution in [0.4, 0.5) is 0 Å². The molecule has 1 aromatic heterocycles. The Morgan fingerprint density at radius 3 is 2.24 bits per heavy atom. The van der Waals surface area contributed by atoms with E-state index in [0.717, 1.165) is 0 Å². The maximum absolute atomic E-state index is 12.6. The van der Waals surface area contributed by atoms with E-state index in [2.05, 4.69) is 5.32 Å². The number of carbonyl (C=O) groups excluding carboxylic acids is 1. The molecule has 160 valence electrons. The average Bonchev–Trinajstić information content (AvgIpc) is 3.09. The number of rotatable bonds is 10. The van der Waals surface area contributed by atoms with Crippen LogP contribution >= 0.6 is 0 Å². The van der Waals surface area contributed by atoms with Crippen LogP contribution in [0.25, 0.3) is 0 Å². The van der Waals surface area contributed by atoms with Gasteiger partial charge in [0.1, 0.15) is 10.6 Å². The van der Waals surface area contributed by atoms with Gasteiger partial charge in [0.15, 0.2) is 9.84 Å². The number of sulfonamides is 1. The molecule has 0 bridgehead atoms. The Morgan fingerprint density at radius 2 is 1.66 bits per heavy atom. The third kappa shape index (κ3) is 5.46. The van der Waals surface area contributed by atoms with Gasteiger partial charge in [-0.3, -0.25) is 4.79 Å². The van der Waals surface area contributed by atoms with Gasteiger partial charge >= 0.3 is 0 Å². The van der Waals surface area contributed by atoms with Crippen LogP contribution in [0.15, 0.2) is 52.4 Å². The summed E-state index contributed by atoms with van der Waals surface area (Å²) < 4.78 is 52.5. The molecule has 0 unspecified atom stereocenters. The zero-order valence-corrected chi connectivity index (χ0v) is 18.5. The molecule has 1 aromatic carbocycles. The molecule has 0 atom stereocenters. The third-order valence-corrected chi connectivity index (χ3v) is 8.37. The molecule has 2 rings (SSSR count). The predicted octanol–water partition coefficient (Wildman–Crippen LogP) is 1.65. The third-order valence-electron chi connectivity index (χ3n) is 4.53. The molecule has 8 nitrogen and oxygen atoms in total. The van der Waals surface area contributed by atoms with Gasteiger partial charge in [-0.25, -0.2) is 16.8 Å². The summed E-state index contributed by atoms with van der Waals surface area (Å²) in [6.45, 7) is 4.34. The van der Waals surface area contributed by atoms with Crippen LogP contribution in [0.3, 0.4) is 0 Å². The maximum atomic E-state index is 12.6. The molecule has 10 heteroatoms. The van der Waals surface area contributed by atoms with Crippen molar-refractivity contribution < 1.29 is 21.6 Å². The lowest BCUT2D eigenvalue weighted by Gasteiger charge is -2.17. The van der Waals surface area contributed by atoms with Crippen LogP contribution in [0.1, 0.15) is 30.8 Å². The van der Waals surface area contributed by atoms with Crippen LogP contribution in [0.2, 0.25) is 0 Å². The summed E-state index contributed by atoms with van der Waals surface area (Å²) in [7, 11) is -5.47. The lowest BCUT2D eigenvalue weighted by atomic mass is 10.4. The molecular formula is C19H27N3O5S2. The number of aryl methyl sites for hydroxylation is 1. The van der Waals surface area contributed by atoms with E-state index in [0.29, 0.717) is 13.1 Å². The number of hydrogen-bond acceptors (Lipinski definition) is 5. The van der Waals surface area contributed by atoms with E-state index < -0.39 is 25.8 Å². The number of aromatic nitrogens is 1. The van der Waals surface area contributed by atoms with Crippen molar-refractivity contribution in [2.24, 2.45) is 7.05 Å². The fourth-order valence-corrected chi connectivity index (χ4v) is 5.78. The van der Waals surface area contributed by atoms with Gasteiger partial charge in [-0.15, -0.1) is 0 Å². The number of hydrogen-bond donors (Lipinski definition) is 1. The number of nitrogens with one attached hydrogen (secondary N) is 1. The van der Waals surface area contributed by atoms with E-state index in [1.165, 1.54) is 33.3 Å². The number of nitrogens with zero attached hydrogens (tertiary/aromatic N) is 2. The molecule has 0 spiro atoms. The van der Waals surface area contributed by atoms with E-state index in [1.807, 2.05) is 0 Å². The highest BCUT2D eigenvalue weighted by Gasteiger charge is 2.25. The van der Waals surface area contributed by atoms with Gasteiger partial charge in [-0.1, -0.05) is 32.0 Å². The van der Waals surface area contributed by atoms with E-state index in [9.17, 15) is 21.6 Å². The van der Waals surface area contributed by atoms with Gasteiger partial charge in [0.2, 0.25) is 10.0 Å². The molecule has 0 saturated heterocycles. The number of amides is 1. The predicted molar refractivity (Wildman–Crippen MR) is 111 cm³/mol. The minimum Gasteiger partial charge on any atom is -0.351 e. The summed E-state index contributed by atoms with van der Waals surface area (Å²) >= 11 is 0. The van der Waals surface area contributed by atoms with E-state index in [1.54, 1.807) is 39.1 Å². The summed E-state index contributed by atoms with van der Waals surface area (Å²) in [5.74, 6) is -0.544. The summed E-state index contributed by atoms with van der Waals surface area (Å²) in [5.41, 5.74) is 0.196. The van der Waals surface area contributed by atoms with Crippen molar-refractivity contribution in [1.29, 1.82) is 0 Å². The van der Waals surface area contributed by atoms with Crippen LogP contribution in [-0.4, -0.2) is 57.0 Å². The topological polar surface area (TPSA) is 106 Å². The molecule has 2 aromatic rings. The first-order chi connectivity index (χ1) is 13.6. The minimum absolute atomic E-state index is 0.0560. The van der Waals surface area contributed by atoms with Crippen LogP contribution < -0.4 is 5.32 Å². The highest BCUT2D eigenvalue weighted by Crippen LogP contribution is 2.18. The quantitative estimate of drug-likeness (QED) is 0.565.